The number of benzene rings is 1. The van der Waals surface area contributed by atoms with Crippen molar-refractivity contribution in [2.75, 3.05) is 6.61 Å². The predicted octanol–water partition coefficient (Wildman–Crippen LogP) is 3.12. The summed E-state index contributed by atoms with van der Waals surface area (Å²) >= 11 is 5.79. The van der Waals surface area contributed by atoms with Gasteiger partial charge in [-0.3, -0.25) is 9.59 Å². The van der Waals surface area contributed by atoms with Gasteiger partial charge in [0, 0.05) is 11.1 Å². The number of hydrogen-bond donors (Lipinski definition) is 1. The molecule has 120 valence electrons. The Kier molecular flexibility index (Phi) is 6.25. The molecule has 1 aliphatic carbocycles. The van der Waals surface area contributed by atoms with Crippen LogP contribution in [0.4, 0.5) is 0 Å². The molecule has 2 rings (SSSR count). The molecule has 2 atom stereocenters. The lowest BCUT2D eigenvalue weighted by atomic mass is 9.86. The van der Waals surface area contributed by atoms with Crippen LogP contribution >= 0.6 is 11.6 Å². The molecule has 1 amide bonds. The molecular formula is C17H22ClNO3. The summed E-state index contributed by atoms with van der Waals surface area (Å²) in [6.45, 7) is 1.94. The van der Waals surface area contributed by atoms with Crippen LogP contribution in [0.1, 0.15) is 38.2 Å². The molecule has 1 aromatic carbocycles. The monoisotopic (exact) mass is 323 g/mol. The molecule has 0 unspecified atom stereocenters. The molecule has 0 bridgehead atoms. The molecule has 0 aromatic heterocycles. The molecule has 1 fully saturated rings. The third-order valence-corrected chi connectivity index (χ3v) is 4.34. The van der Waals surface area contributed by atoms with Crippen molar-refractivity contribution >= 4 is 23.5 Å². The first-order valence-electron chi connectivity index (χ1n) is 7.74. The summed E-state index contributed by atoms with van der Waals surface area (Å²) in [6, 6.07) is 7.19. The zero-order valence-corrected chi connectivity index (χ0v) is 13.6. The van der Waals surface area contributed by atoms with Crippen LogP contribution in [0.5, 0.6) is 0 Å². The molecule has 22 heavy (non-hydrogen) atoms. The van der Waals surface area contributed by atoms with Gasteiger partial charge in [0.2, 0.25) is 0 Å². The quantitative estimate of drug-likeness (QED) is 0.847. The highest BCUT2D eigenvalue weighted by atomic mass is 35.5. The highest BCUT2D eigenvalue weighted by molar-refractivity contribution is 6.30. The molecule has 1 saturated carbocycles. The third-order valence-electron chi connectivity index (χ3n) is 4.08. The van der Waals surface area contributed by atoms with Crippen LogP contribution in [-0.2, 0) is 20.7 Å². The predicted molar refractivity (Wildman–Crippen MR) is 85.7 cm³/mol. The lowest BCUT2D eigenvalue weighted by molar-refractivity contribution is -0.148. The highest BCUT2D eigenvalue weighted by Gasteiger charge is 2.23. The number of amides is 1. The first-order valence-corrected chi connectivity index (χ1v) is 8.12. The maximum absolute atomic E-state index is 11.9. The van der Waals surface area contributed by atoms with Crippen molar-refractivity contribution in [2.24, 2.45) is 5.92 Å². The summed E-state index contributed by atoms with van der Waals surface area (Å²) in [7, 11) is 0. The van der Waals surface area contributed by atoms with Gasteiger partial charge in [-0.2, -0.15) is 0 Å². The van der Waals surface area contributed by atoms with E-state index in [2.05, 4.69) is 12.2 Å². The standard InChI is InChI=1S/C17H22ClNO3/c1-12-4-2-3-5-15(12)19-16(20)11-22-17(21)10-13-6-8-14(18)9-7-13/h6-9,12,15H,2-5,10-11H2,1H3,(H,19,20)/t12-,15+/m0/s1. The summed E-state index contributed by atoms with van der Waals surface area (Å²) in [4.78, 5) is 23.6. The number of hydrogen-bond acceptors (Lipinski definition) is 3. The molecule has 5 heteroatoms. The van der Waals surface area contributed by atoms with Crippen LogP contribution in [0, 0.1) is 5.92 Å². The minimum atomic E-state index is -0.408. The Morgan fingerprint density at radius 2 is 1.91 bits per heavy atom. The van der Waals surface area contributed by atoms with Crippen molar-refractivity contribution in [3.05, 3.63) is 34.9 Å². The zero-order valence-electron chi connectivity index (χ0n) is 12.8. The van der Waals surface area contributed by atoms with E-state index in [4.69, 9.17) is 16.3 Å². The lowest BCUT2D eigenvalue weighted by Crippen LogP contribution is -2.42. The fourth-order valence-corrected chi connectivity index (χ4v) is 2.87. The third kappa shape index (κ3) is 5.34. The van der Waals surface area contributed by atoms with E-state index >= 15 is 0 Å². The number of ether oxygens (including phenoxy) is 1. The van der Waals surface area contributed by atoms with Crippen LogP contribution in [0.15, 0.2) is 24.3 Å². The number of halogens is 1. The topological polar surface area (TPSA) is 55.4 Å². The van der Waals surface area contributed by atoms with Crippen LogP contribution in [-0.4, -0.2) is 24.5 Å². The smallest absolute Gasteiger partial charge is 0.310 e. The van der Waals surface area contributed by atoms with Crippen LogP contribution in [0.25, 0.3) is 0 Å². The Hall–Kier alpha value is -1.55. The van der Waals surface area contributed by atoms with Gasteiger partial charge in [-0.15, -0.1) is 0 Å². The van der Waals surface area contributed by atoms with Crippen molar-refractivity contribution in [3.8, 4) is 0 Å². The fourth-order valence-electron chi connectivity index (χ4n) is 2.75. The van der Waals surface area contributed by atoms with Crippen LogP contribution in [0.3, 0.4) is 0 Å². The van der Waals surface area contributed by atoms with Gasteiger partial charge in [-0.25, -0.2) is 0 Å². The SMILES string of the molecule is C[C@H]1CCCC[C@H]1NC(=O)COC(=O)Cc1ccc(Cl)cc1. The maximum atomic E-state index is 11.9. The van der Waals surface area contributed by atoms with E-state index in [1.54, 1.807) is 24.3 Å². The van der Waals surface area contributed by atoms with E-state index in [1.165, 1.54) is 6.42 Å². The Bertz CT molecular complexity index is 515. The van der Waals surface area contributed by atoms with E-state index in [1.807, 2.05) is 0 Å². The Morgan fingerprint density at radius 1 is 1.23 bits per heavy atom. The van der Waals surface area contributed by atoms with E-state index in [0.717, 1.165) is 24.8 Å². The summed E-state index contributed by atoms with van der Waals surface area (Å²) in [6.07, 6.45) is 4.66. The molecule has 0 saturated heterocycles. The van der Waals surface area contributed by atoms with Gasteiger partial charge in [0.1, 0.15) is 0 Å². The normalized spacial score (nSPS) is 21.2. The number of carbonyl (C=O) groups excluding carboxylic acids is 2. The molecule has 0 aliphatic heterocycles. The van der Waals surface area contributed by atoms with E-state index < -0.39 is 5.97 Å². The first kappa shape index (κ1) is 16.8. The van der Waals surface area contributed by atoms with Gasteiger partial charge < -0.3 is 10.1 Å². The van der Waals surface area contributed by atoms with Gasteiger partial charge in [0.05, 0.1) is 6.42 Å². The number of esters is 1. The summed E-state index contributed by atoms with van der Waals surface area (Å²) in [5.74, 6) is -0.139. The van der Waals surface area contributed by atoms with Gasteiger partial charge in [-0.1, -0.05) is 43.5 Å². The van der Waals surface area contributed by atoms with Crippen LogP contribution < -0.4 is 5.32 Å². The van der Waals surface area contributed by atoms with E-state index in [-0.39, 0.29) is 25.0 Å². The van der Waals surface area contributed by atoms with Gasteiger partial charge >= 0.3 is 5.97 Å². The maximum Gasteiger partial charge on any atom is 0.310 e. The molecule has 4 nitrogen and oxygen atoms in total. The fraction of sp³-hybridized carbons (Fsp3) is 0.529. The largest absolute Gasteiger partial charge is 0.455 e. The second-order valence-electron chi connectivity index (χ2n) is 5.90. The van der Waals surface area contributed by atoms with Gasteiger partial charge in [0.25, 0.3) is 5.91 Å². The number of nitrogens with one attached hydrogen (secondary N) is 1. The van der Waals surface area contributed by atoms with Crippen molar-refractivity contribution in [2.45, 2.75) is 45.1 Å². The van der Waals surface area contributed by atoms with E-state index in [9.17, 15) is 9.59 Å². The molecule has 0 spiro atoms. The summed E-state index contributed by atoms with van der Waals surface area (Å²) in [5.41, 5.74) is 0.815. The Labute approximate surface area is 136 Å². The minimum Gasteiger partial charge on any atom is -0.455 e. The van der Waals surface area contributed by atoms with Gasteiger partial charge in [-0.05, 0) is 36.5 Å². The van der Waals surface area contributed by atoms with E-state index in [0.29, 0.717) is 10.9 Å². The summed E-state index contributed by atoms with van der Waals surface area (Å²) in [5, 5.41) is 3.58. The first-order chi connectivity index (χ1) is 10.5. The number of rotatable bonds is 5. The molecule has 0 heterocycles. The second-order valence-corrected chi connectivity index (χ2v) is 6.34. The lowest BCUT2D eigenvalue weighted by Gasteiger charge is -2.29. The Balaban J connectivity index is 1.71. The molecule has 1 aliphatic rings. The second kappa shape index (κ2) is 8.18. The highest BCUT2D eigenvalue weighted by Crippen LogP contribution is 2.23. The Morgan fingerprint density at radius 3 is 2.59 bits per heavy atom. The zero-order chi connectivity index (χ0) is 15.9. The van der Waals surface area contributed by atoms with Crippen molar-refractivity contribution in [1.82, 2.24) is 5.32 Å². The molecule has 1 N–H and O–H groups in total. The van der Waals surface area contributed by atoms with Gasteiger partial charge in [0.15, 0.2) is 6.61 Å². The van der Waals surface area contributed by atoms with Crippen LogP contribution in [0.2, 0.25) is 5.02 Å². The van der Waals surface area contributed by atoms with Crippen molar-refractivity contribution in [1.29, 1.82) is 0 Å². The minimum absolute atomic E-state index is 0.143. The number of carbonyl (C=O) groups is 2. The summed E-state index contributed by atoms with van der Waals surface area (Å²) < 4.78 is 5.03. The molecule has 0 radical (unpaired) electrons. The molecular weight excluding hydrogens is 302 g/mol. The molecule has 1 aromatic rings. The van der Waals surface area contributed by atoms with Crippen molar-refractivity contribution in [3.63, 3.8) is 0 Å². The average molecular weight is 324 g/mol. The average Bonchev–Trinajstić information content (AvgIpc) is 2.50. The van der Waals surface area contributed by atoms with Crippen molar-refractivity contribution < 1.29 is 14.3 Å².